The monoisotopic (exact) mass is 339 g/mol. The lowest BCUT2D eigenvalue weighted by molar-refractivity contribution is -0.138. The van der Waals surface area contributed by atoms with E-state index in [1.807, 2.05) is 18.2 Å². The van der Waals surface area contributed by atoms with Gasteiger partial charge in [-0.25, -0.2) is 8.42 Å². The Kier molecular flexibility index (Phi) is 4.65. The molecule has 7 nitrogen and oxygen atoms in total. The molecule has 0 N–H and O–H groups in total. The molecule has 0 saturated carbocycles. The summed E-state index contributed by atoms with van der Waals surface area (Å²) >= 11 is 0. The minimum atomic E-state index is -3.30. The number of carbonyl (C=O) groups excluding carboxylic acids is 1. The molecule has 0 aliphatic carbocycles. The standard InChI is InChI=1S/C15H21N3O4S/c1-23(20,21)18-8-9-22-14-5-7-17(11-13(14)18)15(19)10-12-4-2-3-6-16-12/h2-4,6,13-14H,5,7-11H2,1H3/t13-,14-/m1/s1. The summed E-state index contributed by atoms with van der Waals surface area (Å²) in [6.07, 6.45) is 3.64. The predicted molar refractivity (Wildman–Crippen MR) is 84.2 cm³/mol. The second kappa shape index (κ2) is 6.54. The van der Waals surface area contributed by atoms with E-state index in [1.165, 1.54) is 10.6 Å². The van der Waals surface area contributed by atoms with Crippen molar-refractivity contribution in [2.24, 2.45) is 0 Å². The van der Waals surface area contributed by atoms with E-state index in [0.29, 0.717) is 32.7 Å². The Balaban J connectivity index is 1.70. The zero-order chi connectivity index (χ0) is 16.4. The van der Waals surface area contributed by atoms with E-state index in [1.54, 1.807) is 11.1 Å². The second-order valence-corrected chi connectivity index (χ2v) is 7.91. The summed E-state index contributed by atoms with van der Waals surface area (Å²) < 4.78 is 31.1. The molecule has 1 amide bonds. The minimum absolute atomic E-state index is 0.0267. The van der Waals surface area contributed by atoms with Crippen molar-refractivity contribution in [2.75, 3.05) is 32.5 Å². The highest BCUT2D eigenvalue weighted by atomic mass is 32.2. The predicted octanol–water partition coefficient (Wildman–Crippen LogP) is -0.115. The van der Waals surface area contributed by atoms with Crippen molar-refractivity contribution in [1.29, 1.82) is 0 Å². The molecule has 2 aliphatic rings. The van der Waals surface area contributed by atoms with E-state index in [4.69, 9.17) is 4.74 Å². The van der Waals surface area contributed by atoms with Crippen molar-refractivity contribution in [3.8, 4) is 0 Å². The van der Waals surface area contributed by atoms with Gasteiger partial charge in [-0.05, 0) is 18.6 Å². The third-order valence-electron chi connectivity index (χ3n) is 4.37. The number of amides is 1. The molecule has 2 saturated heterocycles. The van der Waals surface area contributed by atoms with E-state index in [0.717, 1.165) is 5.69 Å². The van der Waals surface area contributed by atoms with Gasteiger partial charge in [0.15, 0.2) is 0 Å². The molecule has 126 valence electrons. The number of piperidine rings is 1. The van der Waals surface area contributed by atoms with Crippen LogP contribution in [0.25, 0.3) is 0 Å². The largest absolute Gasteiger partial charge is 0.375 e. The first-order valence-corrected chi connectivity index (χ1v) is 9.56. The van der Waals surface area contributed by atoms with Crippen LogP contribution in [-0.4, -0.2) is 73.2 Å². The molecule has 1 aromatic rings. The van der Waals surface area contributed by atoms with Crippen molar-refractivity contribution in [3.05, 3.63) is 30.1 Å². The van der Waals surface area contributed by atoms with E-state index in [9.17, 15) is 13.2 Å². The van der Waals surface area contributed by atoms with Gasteiger partial charge >= 0.3 is 0 Å². The number of morpholine rings is 1. The molecule has 3 heterocycles. The minimum Gasteiger partial charge on any atom is -0.375 e. The fourth-order valence-corrected chi connectivity index (χ4v) is 4.35. The van der Waals surface area contributed by atoms with Crippen LogP contribution in [0.2, 0.25) is 0 Å². The first-order chi connectivity index (χ1) is 10.9. The Bertz CT molecular complexity index is 665. The number of likely N-dealkylation sites (tertiary alicyclic amines) is 1. The molecule has 1 aromatic heterocycles. The quantitative estimate of drug-likeness (QED) is 0.767. The van der Waals surface area contributed by atoms with E-state index >= 15 is 0 Å². The van der Waals surface area contributed by atoms with Crippen molar-refractivity contribution < 1.29 is 17.9 Å². The van der Waals surface area contributed by atoms with Gasteiger partial charge in [-0.15, -0.1) is 0 Å². The van der Waals surface area contributed by atoms with Crippen molar-refractivity contribution in [3.63, 3.8) is 0 Å². The molecule has 0 aromatic carbocycles. The number of fused-ring (bicyclic) bond motifs is 1. The molecule has 3 rings (SSSR count). The lowest BCUT2D eigenvalue weighted by atomic mass is 10.00. The molecule has 0 spiro atoms. The molecule has 2 aliphatic heterocycles. The van der Waals surface area contributed by atoms with Crippen LogP contribution >= 0.6 is 0 Å². The van der Waals surface area contributed by atoms with Crippen LogP contribution in [-0.2, 0) is 26.0 Å². The molecule has 0 unspecified atom stereocenters. The molecule has 2 atom stereocenters. The number of aromatic nitrogens is 1. The van der Waals surface area contributed by atoms with E-state index in [-0.39, 0.29) is 24.5 Å². The van der Waals surface area contributed by atoms with Crippen LogP contribution in [0, 0.1) is 0 Å². The number of sulfonamides is 1. The number of hydrogen-bond donors (Lipinski definition) is 0. The van der Waals surface area contributed by atoms with Crippen molar-refractivity contribution >= 4 is 15.9 Å². The van der Waals surface area contributed by atoms with Gasteiger partial charge in [-0.1, -0.05) is 6.07 Å². The maximum absolute atomic E-state index is 12.5. The van der Waals surface area contributed by atoms with E-state index < -0.39 is 10.0 Å². The first-order valence-electron chi connectivity index (χ1n) is 7.71. The van der Waals surface area contributed by atoms with Gasteiger partial charge in [0.1, 0.15) is 0 Å². The van der Waals surface area contributed by atoms with Crippen molar-refractivity contribution in [2.45, 2.75) is 25.0 Å². The first kappa shape index (κ1) is 16.4. The zero-order valence-corrected chi connectivity index (χ0v) is 13.9. The maximum Gasteiger partial charge on any atom is 0.228 e. The van der Waals surface area contributed by atoms with Gasteiger partial charge in [0.05, 0.1) is 31.4 Å². The second-order valence-electron chi connectivity index (χ2n) is 5.98. The Hall–Kier alpha value is -1.51. The normalized spacial score (nSPS) is 25.9. The molecular weight excluding hydrogens is 318 g/mol. The molecule has 0 radical (unpaired) electrons. The topological polar surface area (TPSA) is 79.8 Å². The van der Waals surface area contributed by atoms with Crippen molar-refractivity contribution in [1.82, 2.24) is 14.2 Å². The number of pyridine rings is 1. The third kappa shape index (κ3) is 3.70. The Morgan fingerprint density at radius 1 is 1.39 bits per heavy atom. The van der Waals surface area contributed by atoms with Crippen LogP contribution in [0.5, 0.6) is 0 Å². The Morgan fingerprint density at radius 2 is 2.22 bits per heavy atom. The highest BCUT2D eigenvalue weighted by Crippen LogP contribution is 2.25. The summed E-state index contributed by atoms with van der Waals surface area (Å²) in [6.45, 7) is 1.73. The average molecular weight is 339 g/mol. The summed E-state index contributed by atoms with van der Waals surface area (Å²) in [7, 11) is -3.30. The smallest absolute Gasteiger partial charge is 0.228 e. The summed E-state index contributed by atoms with van der Waals surface area (Å²) in [5, 5.41) is 0. The SMILES string of the molecule is CS(=O)(=O)N1CCO[C@@H]2CCN(C(=O)Cc3ccccn3)C[C@H]21. The number of carbonyl (C=O) groups is 1. The fourth-order valence-electron chi connectivity index (χ4n) is 3.25. The molecule has 23 heavy (non-hydrogen) atoms. The molecule has 2 fully saturated rings. The van der Waals surface area contributed by atoms with Crippen LogP contribution in [0.3, 0.4) is 0 Å². The van der Waals surface area contributed by atoms with Gasteiger partial charge in [-0.3, -0.25) is 9.78 Å². The Morgan fingerprint density at radius 3 is 2.91 bits per heavy atom. The molecule has 0 bridgehead atoms. The van der Waals surface area contributed by atoms with Gasteiger partial charge < -0.3 is 9.64 Å². The zero-order valence-electron chi connectivity index (χ0n) is 13.1. The van der Waals surface area contributed by atoms with Gasteiger partial charge in [0.25, 0.3) is 0 Å². The number of nitrogens with zero attached hydrogens (tertiary/aromatic N) is 3. The van der Waals surface area contributed by atoms with Gasteiger partial charge in [0.2, 0.25) is 15.9 Å². The summed E-state index contributed by atoms with van der Waals surface area (Å²) in [4.78, 5) is 18.4. The lowest BCUT2D eigenvalue weighted by Crippen LogP contribution is -2.62. The highest BCUT2D eigenvalue weighted by molar-refractivity contribution is 7.88. The maximum atomic E-state index is 12.5. The highest BCUT2D eigenvalue weighted by Gasteiger charge is 2.41. The average Bonchev–Trinajstić information content (AvgIpc) is 2.53. The fraction of sp³-hybridized carbons (Fsp3) is 0.600. The number of rotatable bonds is 3. The van der Waals surface area contributed by atoms with Crippen LogP contribution in [0.4, 0.5) is 0 Å². The number of ether oxygens (including phenoxy) is 1. The molecular formula is C15H21N3O4S. The summed E-state index contributed by atoms with van der Waals surface area (Å²) in [5.74, 6) is -0.0267. The Labute approximate surface area is 136 Å². The third-order valence-corrected chi connectivity index (χ3v) is 5.68. The van der Waals surface area contributed by atoms with Gasteiger partial charge in [0, 0.05) is 31.5 Å². The van der Waals surface area contributed by atoms with Gasteiger partial charge in [-0.2, -0.15) is 4.31 Å². The number of hydrogen-bond acceptors (Lipinski definition) is 5. The van der Waals surface area contributed by atoms with Crippen LogP contribution in [0.15, 0.2) is 24.4 Å². The van der Waals surface area contributed by atoms with Crippen LogP contribution in [0.1, 0.15) is 12.1 Å². The molecule has 8 heteroatoms. The summed E-state index contributed by atoms with van der Waals surface area (Å²) in [5.41, 5.74) is 0.722. The lowest BCUT2D eigenvalue weighted by Gasteiger charge is -2.45. The summed E-state index contributed by atoms with van der Waals surface area (Å²) in [6, 6.07) is 5.18. The van der Waals surface area contributed by atoms with Crippen LogP contribution < -0.4 is 0 Å². The van der Waals surface area contributed by atoms with E-state index in [2.05, 4.69) is 4.98 Å².